The fourth-order valence-electron chi connectivity index (χ4n) is 14.5. The minimum atomic E-state index is 0. The molecule has 5 aromatic heterocycles. The van der Waals surface area contributed by atoms with E-state index >= 15 is 0 Å². The molecule has 15 heteroatoms. The summed E-state index contributed by atoms with van der Waals surface area (Å²) in [5.41, 5.74) is 31.5. The van der Waals surface area contributed by atoms with E-state index in [0.29, 0.717) is 17.5 Å². The molecule has 0 fully saturated rings. The number of hydrogen-bond acceptors (Lipinski definition) is 6. The van der Waals surface area contributed by atoms with Crippen LogP contribution in [0.25, 0.3) is 73.1 Å². The molecule has 0 saturated heterocycles. The number of benzene rings is 7. The predicted molar refractivity (Wildman–Crippen MR) is 446 cm³/mol. The van der Waals surface area contributed by atoms with Crippen LogP contribution in [0, 0.1) is 120 Å². The zero-order valence-electron chi connectivity index (χ0n) is 69.5. The van der Waals surface area contributed by atoms with Crippen molar-refractivity contribution in [1.29, 1.82) is 0 Å². The van der Waals surface area contributed by atoms with Gasteiger partial charge in [0.15, 0.2) is 0 Å². The summed E-state index contributed by atoms with van der Waals surface area (Å²) < 4.78 is 8.70. The van der Waals surface area contributed by atoms with Crippen LogP contribution < -0.4 is 0 Å². The van der Waals surface area contributed by atoms with E-state index in [1.165, 1.54) is 139 Å². The van der Waals surface area contributed by atoms with Crippen molar-refractivity contribution >= 4 is 5.69 Å². The van der Waals surface area contributed by atoms with Gasteiger partial charge < -0.3 is 18.7 Å². The largest absolute Gasteiger partial charge is 0.356 e. The van der Waals surface area contributed by atoms with Gasteiger partial charge in [-0.05, 0) is 189 Å². The van der Waals surface area contributed by atoms with Gasteiger partial charge in [-0.15, -0.1) is 107 Å². The van der Waals surface area contributed by atoms with Crippen molar-refractivity contribution in [3.05, 3.63) is 276 Å². The normalized spacial score (nSPS) is 10.8. The Balaban J connectivity index is 0.000000262. The maximum atomic E-state index is 7.29. The Morgan fingerprint density at radius 2 is 0.829 bits per heavy atom. The number of aryl methyl sites for hydroxylation is 17. The maximum Gasteiger partial charge on any atom is 0.141 e. The molecule has 4 radical (unpaired) electrons. The monoisotopic (exact) mass is 2190 g/mol. The van der Waals surface area contributed by atoms with Crippen LogP contribution in [0.15, 0.2) is 134 Å². The SMILES string of the molecule is CCCCc1c[c-]c(-c2nc(CCCC)cn2-c2c(C)cc(C)cc2C)cc1.CCCCc1cc(C)c(-n2cc(CC)nc2-c2[c-]ccc(C)c2)c(C)c1.Cc1cc(C)c(-n2nc(CC(C)C)nc2-c2[c-]cc(C(C)C)nc2)c(C)c1.[C-]#[N+]c1cc[c-]c(-c2nc(CCCC)cn2-c2c(C)cc(C)cc2C)c1.[Ir].[Ir].[Ir].[Ir]. The molecular formula is C96H115Ir4N11-4. The van der Waals surface area contributed by atoms with E-state index in [4.69, 9.17) is 31.6 Å². The van der Waals surface area contributed by atoms with Gasteiger partial charge >= 0.3 is 0 Å². The molecule has 5 heterocycles. The van der Waals surface area contributed by atoms with Gasteiger partial charge in [-0.3, -0.25) is 29.5 Å². The molecule has 12 rings (SSSR count). The van der Waals surface area contributed by atoms with E-state index in [0.717, 1.165) is 126 Å². The van der Waals surface area contributed by atoms with Gasteiger partial charge in [-0.1, -0.05) is 185 Å². The van der Waals surface area contributed by atoms with Crippen molar-refractivity contribution in [1.82, 2.24) is 48.4 Å². The van der Waals surface area contributed by atoms with Gasteiger partial charge in [0.05, 0.1) is 35.6 Å². The number of imidazole rings is 3. The summed E-state index contributed by atoms with van der Waals surface area (Å²) in [5.74, 6) is 5.40. The number of rotatable bonds is 24. The molecule has 0 amide bonds. The van der Waals surface area contributed by atoms with Crippen LogP contribution in [0.1, 0.15) is 226 Å². The van der Waals surface area contributed by atoms with E-state index in [9.17, 15) is 0 Å². The van der Waals surface area contributed by atoms with E-state index in [1.54, 1.807) is 6.07 Å². The summed E-state index contributed by atoms with van der Waals surface area (Å²) in [6.07, 6.45) is 24.0. The fourth-order valence-corrected chi connectivity index (χ4v) is 14.5. The minimum absolute atomic E-state index is 0. The molecule has 7 aromatic carbocycles. The Labute approximate surface area is 719 Å². The number of pyridine rings is 1. The van der Waals surface area contributed by atoms with Crippen LogP contribution in [0.4, 0.5) is 5.69 Å². The van der Waals surface area contributed by atoms with Gasteiger partial charge in [-0.2, -0.15) is 11.2 Å². The fraction of sp³-hybridized carbons (Fsp3) is 0.385. The summed E-state index contributed by atoms with van der Waals surface area (Å²) >= 11 is 0. The second-order valence-corrected chi connectivity index (χ2v) is 30.2. The molecule has 594 valence electrons. The Kier molecular flexibility index (Phi) is 38.0. The molecule has 0 unspecified atom stereocenters. The van der Waals surface area contributed by atoms with Crippen molar-refractivity contribution in [2.45, 2.75) is 241 Å². The molecule has 11 nitrogen and oxygen atoms in total. The summed E-state index contributed by atoms with van der Waals surface area (Å²) in [6, 6.07) is 51.7. The molecule has 0 saturated carbocycles. The molecule has 12 aromatic rings. The van der Waals surface area contributed by atoms with Gasteiger partial charge in [0.25, 0.3) is 0 Å². The van der Waals surface area contributed by atoms with Crippen LogP contribution in [0.2, 0.25) is 0 Å². The first-order chi connectivity index (χ1) is 51.3. The second-order valence-electron chi connectivity index (χ2n) is 30.2. The van der Waals surface area contributed by atoms with E-state index < -0.39 is 0 Å². The van der Waals surface area contributed by atoms with Gasteiger partial charge in [0.2, 0.25) is 0 Å². The topological polar surface area (TPSA) is 101 Å². The Morgan fingerprint density at radius 3 is 1.25 bits per heavy atom. The maximum absolute atomic E-state index is 7.29. The van der Waals surface area contributed by atoms with Crippen LogP contribution in [0.3, 0.4) is 0 Å². The summed E-state index contributed by atoms with van der Waals surface area (Å²) in [4.78, 5) is 27.8. The molecule has 0 aliphatic heterocycles. The zero-order chi connectivity index (χ0) is 77.2. The van der Waals surface area contributed by atoms with Crippen molar-refractivity contribution < 1.29 is 80.4 Å². The number of aromatic nitrogens is 10. The first kappa shape index (κ1) is 94.1. The molecule has 0 atom stereocenters. The molecule has 0 aliphatic rings. The Morgan fingerprint density at radius 1 is 0.405 bits per heavy atom. The Bertz CT molecular complexity index is 4910. The molecule has 0 aliphatic carbocycles. The molecule has 0 bridgehead atoms. The number of hydrogen-bond donors (Lipinski definition) is 0. The second kappa shape index (κ2) is 44.9. The smallest absolute Gasteiger partial charge is 0.141 e. The third-order valence-electron chi connectivity index (χ3n) is 19.5. The van der Waals surface area contributed by atoms with Gasteiger partial charge in [0, 0.05) is 140 Å². The van der Waals surface area contributed by atoms with Crippen molar-refractivity contribution in [2.75, 3.05) is 0 Å². The average Bonchev–Trinajstić information content (AvgIpc) is 1.70. The minimum Gasteiger partial charge on any atom is -0.356 e. The van der Waals surface area contributed by atoms with Crippen LogP contribution in [0.5, 0.6) is 0 Å². The molecule has 0 N–H and O–H groups in total. The standard InChI is InChI=1S/C26H33N2.C24H29N2.C23H29N4.C23H24N3.4Ir/c1-6-8-10-22-12-14-23(15-13-22)26-27-24(11-9-7-2)18-28(26)25-20(4)16-19(3)17-21(25)5;1-6-8-11-20-14-18(4)23(19(5)15-20)26-16-22(7-2)25-24(26)21-12-9-10-17(3)13-21;1-14(2)10-21-25-23(19-8-9-20(15(3)4)24-13-19)27(26-21)22-17(6)11-16(5)12-18(22)7;1-6-7-10-21-15-26(22-17(3)12-16(2)13-18(22)4)23(25-21)19-9-8-11-20(14-19)24-5;;;;/h12-14,16-18H,6-11H2,1-5H3;9-10,13-16H,6-8,11H2,1-5H3;9,11-15H,10H2,1-7H3;8,11-15H,6-7,10H2,1-4H3;;;;/q4*-1;;;;. The number of unbranched alkanes of at least 4 members (excludes halogenated alkanes) is 4. The van der Waals surface area contributed by atoms with Crippen LogP contribution >= 0.6 is 0 Å². The summed E-state index contributed by atoms with van der Waals surface area (Å²) in [7, 11) is 0. The van der Waals surface area contributed by atoms with E-state index in [-0.39, 0.29) is 80.4 Å². The quantitative estimate of drug-likeness (QED) is 0.0559. The van der Waals surface area contributed by atoms with Crippen molar-refractivity contribution in [3.8, 4) is 68.3 Å². The molecular weight excluding hydrogens is 2080 g/mol. The summed E-state index contributed by atoms with van der Waals surface area (Å²) in [6.45, 7) is 52.9. The van der Waals surface area contributed by atoms with Crippen LogP contribution in [-0.4, -0.2) is 48.4 Å². The third kappa shape index (κ3) is 24.8. The zero-order valence-corrected chi connectivity index (χ0v) is 79.1. The number of nitrogens with zero attached hydrogens (tertiary/aromatic N) is 11. The van der Waals surface area contributed by atoms with Gasteiger partial charge in [0.1, 0.15) is 11.5 Å². The third-order valence-corrected chi connectivity index (χ3v) is 19.5. The van der Waals surface area contributed by atoms with E-state index in [2.05, 4.69) is 291 Å². The van der Waals surface area contributed by atoms with Crippen LogP contribution in [-0.2, 0) is 119 Å². The molecule has 111 heavy (non-hydrogen) atoms. The first-order valence-corrected chi connectivity index (χ1v) is 39.2. The summed E-state index contributed by atoms with van der Waals surface area (Å²) in [5, 5.41) is 4.86. The van der Waals surface area contributed by atoms with Crippen molar-refractivity contribution in [2.24, 2.45) is 5.92 Å². The predicted octanol–water partition coefficient (Wildman–Crippen LogP) is 24.6. The van der Waals surface area contributed by atoms with E-state index in [1.807, 2.05) is 35.1 Å². The molecule has 0 spiro atoms. The van der Waals surface area contributed by atoms with Gasteiger partial charge in [-0.25, -0.2) is 0 Å². The Hall–Kier alpha value is -7.45. The average molecular weight is 2190 g/mol. The first-order valence-electron chi connectivity index (χ1n) is 39.2. The van der Waals surface area contributed by atoms with Crippen molar-refractivity contribution in [3.63, 3.8) is 0 Å².